The molecule has 380 valence electrons. The molecule has 2 N–H and O–H groups in total. The van der Waals surface area contributed by atoms with E-state index in [4.69, 9.17) is 33.2 Å². The third kappa shape index (κ3) is 7.19. The number of hydrogen-bond acceptors (Lipinski definition) is 18. The van der Waals surface area contributed by atoms with E-state index in [1.807, 2.05) is 0 Å². The van der Waals surface area contributed by atoms with Crippen LogP contribution in [0, 0.1) is 44.8 Å². The molecule has 15 atom stereocenters. The summed E-state index contributed by atoms with van der Waals surface area (Å²) in [6, 6.07) is 0. The first-order chi connectivity index (χ1) is 32.2. The van der Waals surface area contributed by atoms with Gasteiger partial charge in [0.1, 0.15) is 35.8 Å². The second-order valence-electron chi connectivity index (χ2n) is 21.7. The molecule has 18 heteroatoms. The van der Waals surface area contributed by atoms with Gasteiger partial charge in [0.2, 0.25) is 0 Å². The number of allylic oxidation sites excluding steroid dienone is 3. The van der Waals surface area contributed by atoms with E-state index in [0.717, 1.165) is 41.5 Å². The Morgan fingerprint density at radius 2 is 0.971 bits per heavy atom. The normalized spacial score (nSPS) is 40.8. The van der Waals surface area contributed by atoms with E-state index in [1.165, 1.54) is 20.1 Å². The maximum Gasteiger partial charge on any atom is 0.303 e. The molecule has 70 heavy (non-hydrogen) atoms. The molecule has 2 saturated carbocycles. The maximum atomic E-state index is 15.1. The monoisotopic (exact) mass is 976 g/mol. The van der Waals surface area contributed by atoms with Crippen molar-refractivity contribution in [3.8, 4) is 0 Å². The fourth-order valence-electron chi connectivity index (χ4n) is 14.0. The summed E-state index contributed by atoms with van der Waals surface area (Å²) in [5, 5.41) is 27.1. The second kappa shape index (κ2) is 16.9. The number of aliphatic hydroxyl groups is 2. The Kier molecular flexibility index (Phi) is 12.6. The molecule has 7 aliphatic rings. The molecule has 18 nitrogen and oxygen atoms in total. The number of hydrogen-bond donors (Lipinski definition) is 2. The van der Waals surface area contributed by atoms with E-state index >= 15 is 4.79 Å². The minimum absolute atomic E-state index is 0.0909. The van der Waals surface area contributed by atoms with Crippen LogP contribution in [0.25, 0.3) is 0 Å². The minimum atomic E-state index is -2.41. The van der Waals surface area contributed by atoms with Gasteiger partial charge in [-0.3, -0.25) is 38.4 Å². The lowest BCUT2D eigenvalue weighted by Gasteiger charge is -2.66. The van der Waals surface area contributed by atoms with Crippen molar-refractivity contribution in [3.05, 3.63) is 58.4 Å². The van der Waals surface area contributed by atoms with Gasteiger partial charge in [-0.15, -0.1) is 0 Å². The fourth-order valence-corrected chi connectivity index (χ4v) is 14.0. The van der Waals surface area contributed by atoms with Crippen molar-refractivity contribution >= 4 is 53.7 Å². The SMILES string of the molecule is CC(=O)O[C@@H]1C2=C(C)C(=O)C[C@@](O)([C@@H](OC(C)=O)[C@@H]3C4=CO[C@@H]5C=C[C@@]6(C)[C@@H](OC(C)=O)[C@H](OC(C)=O)C7=C(C)C(=O)C[C@@](O)([C@@H](OC(C)=O)[C@@H]6[C@]5(C=O)[C@H]4C=C[C@@]3(C)[C@H]1OC(C)=O)C7(C)C)C2(C)C. The molecule has 0 amide bonds. The van der Waals surface area contributed by atoms with Crippen LogP contribution in [0.3, 0.4) is 0 Å². The number of carbonyl (C=O) groups is 9. The maximum absolute atomic E-state index is 15.1. The molecule has 0 aromatic rings. The zero-order valence-corrected chi connectivity index (χ0v) is 42.1. The lowest BCUT2D eigenvalue weighted by Crippen LogP contribution is -2.75. The van der Waals surface area contributed by atoms with Crippen molar-refractivity contribution in [1.82, 2.24) is 0 Å². The summed E-state index contributed by atoms with van der Waals surface area (Å²) in [6.07, 6.45) is -4.18. The van der Waals surface area contributed by atoms with Crippen molar-refractivity contribution < 1.29 is 86.5 Å². The smallest absolute Gasteiger partial charge is 0.303 e. The van der Waals surface area contributed by atoms with Gasteiger partial charge in [-0.05, 0) is 47.8 Å². The zero-order valence-electron chi connectivity index (χ0n) is 42.1. The number of aldehydes is 1. The van der Waals surface area contributed by atoms with Gasteiger partial charge >= 0.3 is 35.8 Å². The predicted molar refractivity (Wildman–Crippen MR) is 242 cm³/mol. The van der Waals surface area contributed by atoms with Gasteiger partial charge in [-0.25, -0.2) is 0 Å². The summed E-state index contributed by atoms with van der Waals surface area (Å²) in [4.78, 5) is 124. The van der Waals surface area contributed by atoms with E-state index in [1.54, 1.807) is 65.8 Å². The van der Waals surface area contributed by atoms with E-state index in [9.17, 15) is 48.6 Å². The molecule has 0 aromatic carbocycles. The molecule has 0 spiro atoms. The quantitative estimate of drug-likeness (QED) is 0.157. The Balaban J connectivity index is 1.63. The summed E-state index contributed by atoms with van der Waals surface area (Å²) in [5.41, 5.74) is -13.1. The van der Waals surface area contributed by atoms with Crippen LogP contribution in [-0.2, 0) is 76.3 Å². The van der Waals surface area contributed by atoms with Crippen LogP contribution in [0.5, 0.6) is 0 Å². The highest BCUT2D eigenvalue weighted by Gasteiger charge is 2.77. The van der Waals surface area contributed by atoms with Gasteiger partial charge in [0.25, 0.3) is 0 Å². The number of ketones is 2. The number of carbonyl (C=O) groups excluding carboxylic acids is 9. The first-order valence-corrected chi connectivity index (χ1v) is 23.4. The highest BCUT2D eigenvalue weighted by Crippen LogP contribution is 2.69. The van der Waals surface area contributed by atoms with Gasteiger partial charge in [-0.1, -0.05) is 59.8 Å². The third-order valence-corrected chi connectivity index (χ3v) is 17.1. The fraction of sp³-hybridized carbons (Fsp3) is 0.635. The largest absolute Gasteiger partial charge is 0.493 e. The minimum Gasteiger partial charge on any atom is -0.493 e. The van der Waals surface area contributed by atoms with Gasteiger partial charge in [0, 0.05) is 93.8 Å². The number of fused-ring (bicyclic) bond motifs is 11. The zero-order chi connectivity index (χ0) is 52.4. The van der Waals surface area contributed by atoms with E-state index in [-0.39, 0.29) is 27.9 Å². The van der Waals surface area contributed by atoms with Gasteiger partial charge in [-0.2, -0.15) is 0 Å². The van der Waals surface area contributed by atoms with Crippen molar-refractivity contribution in [2.45, 2.75) is 164 Å². The summed E-state index contributed by atoms with van der Waals surface area (Å²) in [5.74, 6) is -10.7. The van der Waals surface area contributed by atoms with E-state index in [2.05, 4.69) is 0 Å². The number of esters is 6. The average molecular weight is 977 g/mol. The summed E-state index contributed by atoms with van der Waals surface area (Å²) in [7, 11) is 0. The molecule has 0 saturated heterocycles. The molecule has 0 radical (unpaired) electrons. The van der Waals surface area contributed by atoms with Crippen LogP contribution < -0.4 is 0 Å². The van der Waals surface area contributed by atoms with E-state index < -0.39 is 159 Å². The van der Waals surface area contributed by atoms with Crippen LogP contribution >= 0.6 is 0 Å². The molecule has 0 unspecified atom stereocenters. The predicted octanol–water partition coefficient (Wildman–Crippen LogP) is 4.17. The Labute approximate surface area is 406 Å². The Bertz CT molecular complexity index is 2540. The van der Waals surface area contributed by atoms with Crippen LogP contribution in [0.4, 0.5) is 0 Å². The van der Waals surface area contributed by atoms with Gasteiger partial charge in [0.05, 0.1) is 11.7 Å². The molecule has 1 aliphatic heterocycles. The van der Waals surface area contributed by atoms with Crippen LogP contribution in [0.1, 0.15) is 110 Å². The second-order valence-corrected chi connectivity index (χ2v) is 21.7. The third-order valence-electron chi connectivity index (χ3n) is 17.1. The van der Waals surface area contributed by atoms with Crippen LogP contribution in [-0.4, -0.2) is 118 Å². The first kappa shape index (κ1) is 52.1. The molecular weight excluding hydrogens is 913 g/mol. The summed E-state index contributed by atoms with van der Waals surface area (Å²) >= 11 is 0. The molecule has 0 aromatic heterocycles. The number of Topliss-reactive ketones (excluding diaryl/α,β-unsaturated/α-hetero) is 2. The molecule has 6 aliphatic carbocycles. The molecule has 4 bridgehead atoms. The average Bonchev–Trinajstić information content (AvgIpc) is 3.22. The molecule has 1 heterocycles. The topological polar surface area (TPSA) is 259 Å². The molecular formula is C52H64O18. The molecule has 2 fully saturated rings. The van der Waals surface area contributed by atoms with Crippen molar-refractivity contribution in [2.75, 3.05) is 0 Å². The number of rotatable bonds is 7. The van der Waals surface area contributed by atoms with E-state index in [0.29, 0.717) is 6.29 Å². The highest BCUT2D eigenvalue weighted by atomic mass is 16.6. The van der Waals surface area contributed by atoms with Crippen LogP contribution in [0.15, 0.2) is 58.4 Å². The first-order valence-electron chi connectivity index (χ1n) is 23.4. The highest BCUT2D eigenvalue weighted by molar-refractivity contribution is 5.99. The Hall–Kier alpha value is -5.75. The Morgan fingerprint density at radius 1 is 0.586 bits per heavy atom. The van der Waals surface area contributed by atoms with Crippen molar-refractivity contribution in [2.24, 2.45) is 44.8 Å². The van der Waals surface area contributed by atoms with Crippen LogP contribution in [0.2, 0.25) is 0 Å². The lowest BCUT2D eigenvalue weighted by molar-refractivity contribution is -0.255. The Morgan fingerprint density at radius 3 is 1.40 bits per heavy atom. The van der Waals surface area contributed by atoms with Crippen molar-refractivity contribution in [1.29, 1.82) is 0 Å². The number of ether oxygens (including phenoxy) is 7. The van der Waals surface area contributed by atoms with Crippen molar-refractivity contribution in [3.63, 3.8) is 0 Å². The van der Waals surface area contributed by atoms with Gasteiger partial charge in [0.15, 0.2) is 36.0 Å². The lowest BCUT2D eigenvalue weighted by atomic mass is 9.40. The summed E-state index contributed by atoms with van der Waals surface area (Å²) in [6.45, 7) is 19.3. The molecule has 7 rings (SSSR count). The van der Waals surface area contributed by atoms with Gasteiger partial charge < -0.3 is 48.2 Å². The standard InChI is InChI=1S/C52H64O18/c1-23-33(60)19-51(62)42(67-27(5)56)38-31-21-64-35-16-18-49(14)41(50(35,22-53)32(31)15-17-48(38,13)43(68-28(6)57)39(65-25(3)54)36(23)46(51,9)10)45(70-30(8)59)52(63)20-34(61)24(2)37(47(52,11)12)40(66-26(4)55)44(49)69-29(7)58/h15-18,21-22,32,35,38-45,62-63H,19-20H2,1-14H3/t32-,35+,38-,39+,40+,41-,42-,43-,44-,45-,48+,49+,50+,51+,52+/m0/s1. The summed E-state index contributed by atoms with van der Waals surface area (Å²) < 4.78 is 43.8.